The Balaban J connectivity index is 0.000000152. The van der Waals surface area contributed by atoms with E-state index in [4.69, 9.17) is 15.2 Å². The van der Waals surface area contributed by atoms with Gasteiger partial charge in [-0.3, -0.25) is 14.8 Å². The number of allylic oxidation sites excluding steroid dienone is 2. The summed E-state index contributed by atoms with van der Waals surface area (Å²) in [5.41, 5.74) is 9.80. The molecule has 4 aromatic carbocycles. The SMILES string of the molecule is N#C/C=C/c1c(C2CC2)nc2ccccc2c1-c1ccc(F)cc1.O=C/C=C/c1c(C2CC2)nc2ccccc2c1-c1ccc(F)cc1. The van der Waals surface area contributed by atoms with E-state index in [1.807, 2.05) is 60.7 Å². The summed E-state index contributed by atoms with van der Waals surface area (Å²) in [4.78, 5) is 20.6. The number of carbonyl (C=O) groups excluding carboxylic acids is 1. The number of carbonyl (C=O) groups is 1. The lowest BCUT2D eigenvalue weighted by molar-refractivity contribution is -0.104. The van der Waals surface area contributed by atoms with Crippen molar-refractivity contribution in [2.45, 2.75) is 37.5 Å². The van der Waals surface area contributed by atoms with Gasteiger partial charge in [0.25, 0.3) is 0 Å². The standard InChI is InChI=1S/C21H15FN2.C21H16FNO/c22-16-11-9-14(10-12-16)20-17-4-1-2-6-19(17)24-21(15-7-8-15)18(20)5-3-13-23;22-16-11-9-14(10-12-16)20-17-4-1-2-6-19(17)23-21(15-7-8-15)18(20)5-3-13-24/h1-6,9-12,15H,7-8H2;1-6,9-13,15H,7-8H2/b2*5-3+. The normalized spacial score (nSPS) is 14.3. The Kier molecular flexibility index (Phi) is 8.68. The van der Waals surface area contributed by atoms with E-state index in [1.54, 1.807) is 24.3 Å². The zero-order chi connectivity index (χ0) is 33.0. The maximum absolute atomic E-state index is 13.4. The van der Waals surface area contributed by atoms with Crippen LogP contribution in [0, 0.1) is 23.0 Å². The average Bonchev–Trinajstić information content (AvgIpc) is 4.05. The van der Waals surface area contributed by atoms with E-state index in [9.17, 15) is 13.6 Å². The first-order valence-corrected chi connectivity index (χ1v) is 16.1. The molecule has 2 fully saturated rings. The van der Waals surface area contributed by atoms with E-state index in [2.05, 4.69) is 6.07 Å². The lowest BCUT2D eigenvalue weighted by Gasteiger charge is -2.15. The van der Waals surface area contributed by atoms with Gasteiger partial charge in [-0.2, -0.15) is 5.26 Å². The van der Waals surface area contributed by atoms with Gasteiger partial charge in [0.05, 0.1) is 28.5 Å². The molecular formula is C42H31F2N3O. The molecule has 0 aliphatic heterocycles. The fourth-order valence-corrected chi connectivity index (χ4v) is 6.28. The lowest BCUT2D eigenvalue weighted by atomic mass is 9.92. The van der Waals surface area contributed by atoms with Gasteiger partial charge in [0.2, 0.25) is 0 Å². The van der Waals surface area contributed by atoms with Crippen LogP contribution in [0.2, 0.25) is 0 Å². The summed E-state index contributed by atoms with van der Waals surface area (Å²) >= 11 is 0. The summed E-state index contributed by atoms with van der Waals surface area (Å²) < 4.78 is 26.7. The molecule has 0 spiro atoms. The topological polar surface area (TPSA) is 66.6 Å². The van der Waals surface area contributed by atoms with E-state index in [-0.39, 0.29) is 11.6 Å². The molecule has 4 nitrogen and oxygen atoms in total. The van der Waals surface area contributed by atoms with Gasteiger partial charge in [0.15, 0.2) is 0 Å². The van der Waals surface area contributed by atoms with Gasteiger partial charge in [-0.25, -0.2) is 8.78 Å². The van der Waals surface area contributed by atoms with Crippen LogP contribution >= 0.6 is 0 Å². The third-order valence-electron chi connectivity index (χ3n) is 8.78. The quantitative estimate of drug-likeness (QED) is 0.0999. The van der Waals surface area contributed by atoms with Crippen LogP contribution in [-0.2, 0) is 4.79 Å². The number of hydrogen-bond acceptors (Lipinski definition) is 4. The Morgan fingerprint density at radius 3 is 1.48 bits per heavy atom. The largest absolute Gasteiger partial charge is 0.299 e. The van der Waals surface area contributed by atoms with Gasteiger partial charge in [-0.05, 0) is 91.4 Å². The minimum atomic E-state index is -0.260. The molecule has 6 aromatic rings. The third kappa shape index (κ3) is 6.41. The maximum atomic E-state index is 13.4. The van der Waals surface area contributed by atoms with E-state index in [0.29, 0.717) is 11.8 Å². The average molecular weight is 632 g/mol. The monoisotopic (exact) mass is 631 g/mol. The van der Waals surface area contributed by atoms with Crippen LogP contribution in [0.15, 0.2) is 109 Å². The molecule has 0 bridgehead atoms. The molecule has 2 aliphatic rings. The van der Waals surface area contributed by atoms with Gasteiger partial charge < -0.3 is 0 Å². The molecule has 48 heavy (non-hydrogen) atoms. The van der Waals surface area contributed by atoms with E-state index in [1.165, 1.54) is 36.4 Å². The first kappa shape index (κ1) is 30.8. The highest BCUT2D eigenvalue weighted by Gasteiger charge is 2.30. The van der Waals surface area contributed by atoms with E-state index < -0.39 is 0 Å². The molecule has 6 heteroatoms. The Hall–Kier alpha value is -5.80. The summed E-state index contributed by atoms with van der Waals surface area (Å²) in [7, 11) is 0. The highest BCUT2D eigenvalue weighted by Crippen LogP contribution is 2.46. The minimum absolute atomic E-state index is 0.256. The Morgan fingerprint density at radius 1 is 0.625 bits per heavy atom. The number of aromatic nitrogens is 2. The van der Waals surface area contributed by atoms with Crippen molar-refractivity contribution in [3.8, 4) is 28.3 Å². The molecule has 0 unspecified atom stereocenters. The van der Waals surface area contributed by atoms with Crippen molar-refractivity contribution in [2.24, 2.45) is 0 Å². The predicted octanol–water partition coefficient (Wildman–Crippen LogP) is 10.6. The number of rotatable bonds is 7. The first-order valence-electron chi connectivity index (χ1n) is 16.1. The molecule has 0 saturated heterocycles. The van der Waals surface area contributed by atoms with Crippen LogP contribution < -0.4 is 0 Å². The Bertz CT molecular complexity index is 2240. The van der Waals surface area contributed by atoms with Crippen molar-refractivity contribution < 1.29 is 13.6 Å². The number of aldehydes is 1. The number of para-hydroxylation sites is 2. The Labute approximate surface area is 277 Å². The molecule has 2 saturated carbocycles. The van der Waals surface area contributed by atoms with Crippen LogP contribution in [0.25, 0.3) is 56.2 Å². The van der Waals surface area contributed by atoms with Crippen molar-refractivity contribution in [3.05, 3.63) is 143 Å². The second-order valence-corrected chi connectivity index (χ2v) is 12.1. The van der Waals surface area contributed by atoms with Crippen molar-refractivity contribution >= 4 is 40.2 Å². The zero-order valence-electron chi connectivity index (χ0n) is 26.1. The summed E-state index contributed by atoms with van der Waals surface area (Å²) in [6, 6.07) is 31.1. The van der Waals surface area contributed by atoms with Crippen molar-refractivity contribution in [3.63, 3.8) is 0 Å². The number of nitrogens with zero attached hydrogens (tertiary/aromatic N) is 3. The molecule has 0 N–H and O–H groups in total. The second kappa shape index (κ2) is 13.5. The number of benzene rings is 4. The molecule has 0 atom stereocenters. The van der Waals surface area contributed by atoms with Gasteiger partial charge in [-0.15, -0.1) is 0 Å². The number of halogens is 2. The molecule has 0 radical (unpaired) electrons. The third-order valence-corrected chi connectivity index (χ3v) is 8.78. The summed E-state index contributed by atoms with van der Waals surface area (Å²) in [5.74, 6) is 0.380. The van der Waals surface area contributed by atoms with Crippen LogP contribution in [0.4, 0.5) is 8.78 Å². The summed E-state index contributed by atoms with van der Waals surface area (Å²) in [5, 5.41) is 11.0. The fraction of sp³-hybridized carbons (Fsp3) is 0.143. The molecular weight excluding hydrogens is 600 g/mol. The van der Waals surface area contributed by atoms with Gasteiger partial charge in [-0.1, -0.05) is 60.7 Å². The molecule has 8 rings (SSSR count). The summed E-state index contributed by atoms with van der Waals surface area (Å²) in [6.45, 7) is 0. The number of fused-ring (bicyclic) bond motifs is 2. The van der Waals surface area contributed by atoms with Crippen LogP contribution in [0.1, 0.15) is 60.0 Å². The van der Waals surface area contributed by atoms with Gasteiger partial charge >= 0.3 is 0 Å². The smallest absolute Gasteiger partial charge is 0.142 e. The van der Waals surface area contributed by atoms with Crippen LogP contribution in [0.5, 0.6) is 0 Å². The van der Waals surface area contributed by atoms with Crippen LogP contribution in [0.3, 0.4) is 0 Å². The predicted molar refractivity (Wildman–Crippen MR) is 188 cm³/mol. The molecule has 2 aromatic heterocycles. The van der Waals surface area contributed by atoms with Gasteiger partial charge in [0, 0.05) is 50.9 Å². The highest BCUT2D eigenvalue weighted by molar-refractivity contribution is 6.01. The number of nitriles is 1. The minimum Gasteiger partial charge on any atom is -0.299 e. The van der Waals surface area contributed by atoms with E-state index in [0.717, 1.165) is 98.5 Å². The molecule has 234 valence electrons. The molecule has 2 heterocycles. The van der Waals surface area contributed by atoms with Crippen molar-refractivity contribution in [2.75, 3.05) is 0 Å². The fourth-order valence-electron chi connectivity index (χ4n) is 6.28. The van der Waals surface area contributed by atoms with Crippen LogP contribution in [-0.4, -0.2) is 16.3 Å². The molecule has 0 amide bonds. The van der Waals surface area contributed by atoms with Crippen molar-refractivity contribution in [1.29, 1.82) is 5.26 Å². The van der Waals surface area contributed by atoms with E-state index >= 15 is 0 Å². The number of pyridine rings is 2. The zero-order valence-corrected chi connectivity index (χ0v) is 26.1. The molecule has 2 aliphatic carbocycles. The highest BCUT2D eigenvalue weighted by atomic mass is 19.1. The van der Waals surface area contributed by atoms with Gasteiger partial charge in [0.1, 0.15) is 17.9 Å². The number of hydrogen-bond donors (Lipinski definition) is 0. The second-order valence-electron chi connectivity index (χ2n) is 12.1. The Morgan fingerprint density at radius 2 is 1.06 bits per heavy atom. The maximum Gasteiger partial charge on any atom is 0.142 e. The lowest BCUT2D eigenvalue weighted by Crippen LogP contribution is -1.98. The summed E-state index contributed by atoms with van der Waals surface area (Å²) in [6.07, 6.45) is 11.9. The van der Waals surface area contributed by atoms with Crippen molar-refractivity contribution in [1.82, 2.24) is 9.97 Å². The first-order chi connectivity index (χ1) is 23.6.